The lowest BCUT2D eigenvalue weighted by atomic mass is 9.91. The van der Waals surface area contributed by atoms with Gasteiger partial charge in [0, 0.05) is 38.8 Å². The molecule has 2 heterocycles. The fraction of sp³-hybridized carbons (Fsp3) is 0.579. The van der Waals surface area contributed by atoms with Gasteiger partial charge in [0.1, 0.15) is 0 Å². The van der Waals surface area contributed by atoms with Crippen LogP contribution in [0.1, 0.15) is 38.2 Å². The molecule has 1 aromatic rings. The van der Waals surface area contributed by atoms with Gasteiger partial charge >= 0.3 is 0 Å². The molecule has 1 atom stereocenters. The van der Waals surface area contributed by atoms with Gasteiger partial charge in [-0.3, -0.25) is 9.59 Å². The van der Waals surface area contributed by atoms with Crippen LogP contribution in [-0.4, -0.2) is 53.6 Å². The van der Waals surface area contributed by atoms with Crippen molar-refractivity contribution in [1.29, 1.82) is 0 Å². The van der Waals surface area contributed by atoms with Gasteiger partial charge in [-0.15, -0.1) is 0 Å². The van der Waals surface area contributed by atoms with Crippen molar-refractivity contribution in [3.8, 4) is 0 Å². The number of hydrogen-bond acceptors (Lipinski definition) is 4. The topological polar surface area (TPSA) is 72.9 Å². The first-order valence-electron chi connectivity index (χ1n) is 9.08. The first-order valence-corrected chi connectivity index (χ1v) is 9.08. The number of nitrogens with zero attached hydrogens (tertiary/aromatic N) is 2. The molecule has 1 unspecified atom stereocenters. The molecule has 0 aromatic heterocycles. The number of amides is 2. The Labute approximate surface area is 148 Å². The lowest BCUT2D eigenvalue weighted by Crippen LogP contribution is -2.57. The van der Waals surface area contributed by atoms with Crippen LogP contribution in [0.15, 0.2) is 24.3 Å². The molecule has 1 aromatic carbocycles. The van der Waals surface area contributed by atoms with Gasteiger partial charge in [-0.1, -0.05) is 12.1 Å². The summed E-state index contributed by atoms with van der Waals surface area (Å²) in [6.45, 7) is 4.73. The predicted molar refractivity (Wildman–Crippen MR) is 96.2 cm³/mol. The Kier molecular flexibility index (Phi) is 5.27. The highest BCUT2D eigenvalue weighted by Gasteiger charge is 2.40. The van der Waals surface area contributed by atoms with Crippen LogP contribution in [0.2, 0.25) is 0 Å². The molecule has 6 nitrogen and oxygen atoms in total. The largest absolute Gasteiger partial charge is 0.378 e. The number of nitrogens with one attached hydrogen (secondary N) is 1. The van der Waals surface area contributed by atoms with Crippen molar-refractivity contribution < 1.29 is 14.7 Å². The summed E-state index contributed by atoms with van der Waals surface area (Å²) in [5, 5.41) is 13.4. The van der Waals surface area contributed by atoms with Crippen molar-refractivity contribution in [1.82, 2.24) is 10.2 Å². The van der Waals surface area contributed by atoms with E-state index in [0.717, 1.165) is 18.7 Å². The maximum atomic E-state index is 12.4. The van der Waals surface area contributed by atoms with Crippen LogP contribution in [0.3, 0.4) is 0 Å². The van der Waals surface area contributed by atoms with Gasteiger partial charge in [-0.25, -0.2) is 0 Å². The van der Waals surface area contributed by atoms with E-state index < -0.39 is 11.5 Å². The molecule has 136 valence electrons. The zero-order valence-electron chi connectivity index (χ0n) is 14.8. The number of benzene rings is 1. The summed E-state index contributed by atoms with van der Waals surface area (Å²) in [4.78, 5) is 27.8. The molecule has 0 radical (unpaired) electrons. The fourth-order valence-corrected chi connectivity index (χ4v) is 3.64. The molecular weight excluding hydrogens is 318 g/mol. The molecule has 2 aliphatic rings. The minimum Gasteiger partial charge on any atom is -0.378 e. The molecule has 0 bridgehead atoms. The van der Waals surface area contributed by atoms with Crippen LogP contribution < -0.4 is 10.2 Å². The van der Waals surface area contributed by atoms with E-state index in [1.807, 2.05) is 12.1 Å². The van der Waals surface area contributed by atoms with Gasteiger partial charge in [0.25, 0.3) is 5.91 Å². The number of carbonyl (C=O) groups is 2. The summed E-state index contributed by atoms with van der Waals surface area (Å²) >= 11 is 0. The smallest absolute Gasteiger partial charge is 0.254 e. The monoisotopic (exact) mass is 345 g/mol. The van der Waals surface area contributed by atoms with Gasteiger partial charge in [-0.2, -0.15) is 0 Å². The van der Waals surface area contributed by atoms with Crippen LogP contribution in [0, 0.1) is 0 Å². The average molecular weight is 345 g/mol. The summed E-state index contributed by atoms with van der Waals surface area (Å²) < 4.78 is 0. The molecule has 25 heavy (non-hydrogen) atoms. The second-order valence-electron chi connectivity index (χ2n) is 7.12. The Morgan fingerprint density at radius 1 is 1.12 bits per heavy atom. The highest BCUT2D eigenvalue weighted by atomic mass is 16.3. The van der Waals surface area contributed by atoms with Crippen LogP contribution >= 0.6 is 0 Å². The number of anilines is 1. The fourth-order valence-electron chi connectivity index (χ4n) is 3.64. The Balaban J connectivity index is 1.55. The quantitative estimate of drug-likeness (QED) is 0.862. The number of hydrogen-bond donors (Lipinski definition) is 2. The van der Waals surface area contributed by atoms with Crippen molar-refractivity contribution in [3.05, 3.63) is 29.8 Å². The molecule has 0 spiro atoms. The van der Waals surface area contributed by atoms with E-state index in [1.54, 1.807) is 0 Å². The van der Waals surface area contributed by atoms with Gasteiger partial charge in [-0.05, 0) is 43.4 Å². The second kappa shape index (κ2) is 7.44. The predicted octanol–water partition coefficient (Wildman–Crippen LogP) is 1.28. The normalized spacial score (nSPS) is 23.6. The van der Waals surface area contributed by atoms with Crippen LogP contribution in [0.25, 0.3) is 0 Å². The van der Waals surface area contributed by atoms with Crippen LogP contribution in [-0.2, 0) is 16.1 Å². The van der Waals surface area contributed by atoms with Crippen molar-refractivity contribution >= 4 is 17.5 Å². The van der Waals surface area contributed by atoms with Gasteiger partial charge < -0.3 is 20.2 Å². The van der Waals surface area contributed by atoms with E-state index in [4.69, 9.17) is 0 Å². The third-order valence-electron chi connectivity index (χ3n) is 5.20. The van der Waals surface area contributed by atoms with Crippen LogP contribution in [0.5, 0.6) is 0 Å². The van der Waals surface area contributed by atoms with E-state index in [2.05, 4.69) is 22.3 Å². The Hall–Kier alpha value is -2.08. The summed E-state index contributed by atoms with van der Waals surface area (Å²) in [5.74, 6) is -0.509. The Morgan fingerprint density at radius 3 is 2.44 bits per heavy atom. The van der Waals surface area contributed by atoms with Gasteiger partial charge in [0.2, 0.25) is 5.91 Å². The summed E-state index contributed by atoms with van der Waals surface area (Å²) in [6, 6.07) is 8.20. The zero-order chi connectivity index (χ0) is 17.9. The minimum absolute atomic E-state index is 0.0715. The molecule has 6 heteroatoms. The van der Waals surface area contributed by atoms with E-state index in [1.165, 1.54) is 30.4 Å². The van der Waals surface area contributed by atoms with Crippen molar-refractivity contribution in [2.45, 2.75) is 44.8 Å². The van der Waals surface area contributed by atoms with E-state index in [9.17, 15) is 14.7 Å². The third-order valence-corrected chi connectivity index (χ3v) is 5.20. The molecule has 2 saturated heterocycles. The maximum Gasteiger partial charge on any atom is 0.254 e. The van der Waals surface area contributed by atoms with E-state index in [-0.39, 0.29) is 12.5 Å². The number of aliphatic hydroxyl groups is 1. The van der Waals surface area contributed by atoms with Crippen molar-refractivity contribution in [2.24, 2.45) is 0 Å². The molecule has 2 amide bonds. The molecule has 3 rings (SSSR count). The Bertz CT molecular complexity index is 625. The number of likely N-dealkylation sites (tertiary alicyclic amines) is 1. The zero-order valence-corrected chi connectivity index (χ0v) is 14.8. The minimum atomic E-state index is -1.49. The molecule has 2 aliphatic heterocycles. The number of piperidine rings is 1. The lowest BCUT2D eigenvalue weighted by molar-refractivity contribution is -0.150. The molecule has 0 saturated carbocycles. The summed E-state index contributed by atoms with van der Waals surface area (Å²) in [7, 11) is 0. The number of rotatable bonds is 4. The third kappa shape index (κ3) is 4.12. The maximum absolute atomic E-state index is 12.4. The molecule has 0 aliphatic carbocycles. The highest BCUT2D eigenvalue weighted by molar-refractivity contribution is 5.86. The standard InChI is InChI=1S/C19H27N3O3/c1-15(23)22-12-4-9-19(25,14-22)18(24)20-13-16-5-7-17(8-6-16)21-10-2-3-11-21/h5-8,25H,2-4,9-14H2,1H3,(H,20,24). The van der Waals surface area contributed by atoms with Crippen LogP contribution in [0.4, 0.5) is 5.69 Å². The Morgan fingerprint density at radius 2 is 1.80 bits per heavy atom. The first kappa shape index (κ1) is 17.7. The molecular formula is C19H27N3O3. The van der Waals surface area contributed by atoms with E-state index in [0.29, 0.717) is 25.9 Å². The van der Waals surface area contributed by atoms with Gasteiger partial charge in [0.05, 0.1) is 6.54 Å². The molecule has 2 N–H and O–H groups in total. The first-order chi connectivity index (χ1) is 12.0. The van der Waals surface area contributed by atoms with Gasteiger partial charge in [0.15, 0.2) is 5.60 Å². The lowest BCUT2D eigenvalue weighted by Gasteiger charge is -2.37. The average Bonchev–Trinajstić information content (AvgIpc) is 3.14. The SMILES string of the molecule is CC(=O)N1CCCC(O)(C(=O)NCc2ccc(N3CCCC3)cc2)C1. The van der Waals surface area contributed by atoms with Crippen molar-refractivity contribution in [3.63, 3.8) is 0 Å². The number of β-amino-alcohol motifs (C(OH)–C–C–N with tert-alkyl or cyclic N) is 1. The van der Waals surface area contributed by atoms with Crippen molar-refractivity contribution in [2.75, 3.05) is 31.1 Å². The second-order valence-corrected chi connectivity index (χ2v) is 7.12. The summed E-state index contributed by atoms with van der Waals surface area (Å²) in [6.07, 6.45) is 3.51. The summed E-state index contributed by atoms with van der Waals surface area (Å²) in [5.41, 5.74) is 0.731. The van der Waals surface area contributed by atoms with E-state index >= 15 is 0 Å². The number of carbonyl (C=O) groups excluding carboxylic acids is 2. The highest BCUT2D eigenvalue weighted by Crippen LogP contribution is 2.23. The molecule has 2 fully saturated rings.